The Morgan fingerprint density at radius 1 is 1.53 bits per heavy atom. The van der Waals surface area contributed by atoms with Crippen LogP contribution >= 0.6 is 27.5 Å². The number of benzene rings is 1. The Kier molecular flexibility index (Phi) is 3.00. The quantitative estimate of drug-likeness (QED) is 0.861. The molecule has 0 bridgehead atoms. The number of hydrogen-bond acceptors (Lipinski definition) is 2. The van der Waals surface area contributed by atoms with Crippen LogP contribution in [0.3, 0.4) is 0 Å². The van der Waals surface area contributed by atoms with Crippen molar-refractivity contribution in [2.75, 3.05) is 11.4 Å². The smallest absolute Gasteiger partial charge is 0.243 e. The van der Waals surface area contributed by atoms with E-state index in [1.54, 1.807) is 17.0 Å². The van der Waals surface area contributed by atoms with Crippen molar-refractivity contribution in [3.63, 3.8) is 0 Å². The number of carbonyl (C=O) groups excluding carboxylic acids is 1. The number of anilines is 1. The summed E-state index contributed by atoms with van der Waals surface area (Å²) in [6.07, 6.45) is 0.692. The SMILES string of the molecule is NC1CCN(c2cc(Cl)ccc2Br)C1=O. The molecule has 1 atom stereocenters. The Balaban J connectivity index is 2.37. The minimum atomic E-state index is -0.379. The molecule has 1 heterocycles. The highest BCUT2D eigenvalue weighted by molar-refractivity contribution is 9.10. The summed E-state index contributed by atoms with van der Waals surface area (Å²) in [5.74, 6) is -0.0435. The molecule has 5 heteroatoms. The standard InChI is InChI=1S/C10H10BrClN2O/c11-7-2-1-6(12)5-9(7)14-4-3-8(13)10(14)15/h1-2,5,8H,3-4,13H2. The largest absolute Gasteiger partial charge is 0.320 e. The van der Waals surface area contributed by atoms with Crippen LogP contribution in [-0.2, 0) is 4.79 Å². The number of hydrogen-bond donors (Lipinski definition) is 1. The number of amides is 1. The Bertz CT molecular complexity index is 410. The molecule has 1 aromatic rings. The summed E-state index contributed by atoms with van der Waals surface area (Å²) < 4.78 is 0.856. The van der Waals surface area contributed by atoms with E-state index in [-0.39, 0.29) is 11.9 Å². The molecule has 1 amide bonds. The van der Waals surface area contributed by atoms with E-state index in [4.69, 9.17) is 17.3 Å². The van der Waals surface area contributed by atoms with Crippen LogP contribution in [0, 0.1) is 0 Å². The molecule has 1 saturated heterocycles. The first kappa shape index (κ1) is 10.9. The zero-order valence-corrected chi connectivity index (χ0v) is 10.3. The fraction of sp³-hybridized carbons (Fsp3) is 0.300. The fourth-order valence-corrected chi connectivity index (χ4v) is 2.26. The Hall–Kier alpha value is -0.580. The molecule has 2 rings (SSSR count). The maximum Gasteiger partial charge on any atom is 0.243 e. The molecule has 0 radical (unpaired) electrons. The Morgan fingerprint density at radius 2 is 2.27 bits per heavy atom. The lowest BCUT2D eigenvalue weighted by Crippen LogP contribution is -2.34. The van der Waals surface area contributed by atoms with Crippen molar-refractivity contribution in [2.24, 2.45) is 5.73 Å². The number of rotatable bonds is 1. The van der Waals surface area contributed by atoms with Crippen LogP contribution < -0.4 is 10.6 Å². The van der Waals surface area contributed by atoms with Crippen LogP contribution in [0.25, 0.3) is 0 Å². The maximum absolute atomic E-state index is 11.7. The van der Waals surface area contributed by atoms with Crippen LogP contribution in [0.1, 0.15) is 6.42 Å². The van der Waals surface area contributed by atoms with Crippen molar-refractivity contribution in [3.8, 4) is 0 Å². The summed E-state index contributed by atoms with van der Waals surface area (Å²) in [4.78, 5) is 13.4. The fourth-order valence-electron chi connectivity index (χ4n) is 1.63. The summed E-state index contributed by atoms with van der Waals surface area (Å²) in [7, 11) is 0. The van der Waals surface area contributed by atoms with Gasteiger partial charge in [-0.2, -0.15) is 0 Å². The summed E-state index contributed by atoms with van der Waals surface area (Å²) in [5.41, 5.74) is 6.45. The van der Waals surface area contributed by atoms with Gasteiger partial charge in [-0.05, 0) is 40.5 Å². The maximum atomic E-state index is 11.7. The molecule has 1 fully saturated rings. The summed E-state index contributed by atoms with van der Waals surface area (Å²) in [6, 6.07) is 4.99. The molecule has 2 N–H and O–H groups in total. The normalized spacial score (nSPS) is 21.1. The molecule has 3 nitrogen and oxygen atoms in total. The lowest BCUT2D eigenvalue weighted by Gasteiger charge is -2.17. The van der Waals surface area contributed by atoms with Gasteiger partial charge in [0, 0.05) is 16.0 Å². The van der Waals surface area contributed by atoms with Crippen LogP contribution in [0.4, 0.5) is 5.69 Å². The first-order chi connectivity index (χ1) is 7.09. The molecule has 15 heavy (non-hydrogen) atoms. The molecule has 0 saturated carbocycles. The molecule has 1 unspecified atom stereocenters. The molecule has 1 aromatic carbocycles. The van der Waals surface area contributed by atoms with E-state index in [2.05, 4.69) is 15.9 Å². The topological polar surface area (TPSA) is 46.3 Å². The van der Waals surface area contributed by atoms with Crippen molar-refractivity contribution in [1.29, 1.82) is 0 Å². The lowest BCUT2D eigenvalue weighted by molar-refractivity contribution is -0.118. The molecule has 80 valence electrons. The van der Waals surface area contributed by atoms with E-state index < -0.39 is 0 Å². The summed E-state index contributed by atoms with van der Waals surface area (Å²) in [5, 5.41) is 0.612. The van der Waals surface area contributed by atoms with E-state index in [0.29, 0.717) is 18.0 Å². The van der Waals surface area contributed by atoms with Gasteiger partial charge >= 0.3 is 0 Å². The number of nitrogens with two attached hydrogens (primary N) is 1. The van der Waals surface area contributed by atoms with Gasteiger partial charge in [0.05, 0.1) is 11.7 Å². The molecular weight excluding hydrogens is 279 g/mol. The highest BCUT2D eigenvalue weighted by Gasteiger charge is 2.30. The third-order valence-corrected chi connectivity index (χ3v) is 3.35. The predicted molar refractivity (Wildman–Crippen MR) is 64.1 cm³/mol. The van der Waals surface area contributed by atoms with E-state index in [0.717, 1.165) is 10.2 Å². The number of nitrogens with zero attached hydrogens (tertiary/aromatic N) is 1. The first-order valence-electron chi connectivity index (χ1n) is 4.61. The molecule has 0 aromatic heterocycles. The third kappa shape index (κ3) is 2.02. The van der Waals surface area contributed by atoms with Crippen molar-refractivity contribution in [3.05, 3.63) is 27.7 Å². The van der Waals surface area contributed by atoms with Gasteiger partial charge in [-0.15, -0.1) is 0 Å². The Labute approximate surface area is 101 Å². The third-order valence-electron chi connectivity index (χ3n) is 2.45. The second kappa shape index (κ2) is 4.12. The summed E-state index contributed by atoms with van der Waals surface area (Å²) >= 11 is 9.28. The first-order valence-corrected chi connectivity index (χ1v) is 5.78. The van der Waals surface area contributed by atoms with Crippen LogP contribution in [-0.4, -0.2) is 18.5 Å². The predicted octanol–water partition coefficient (Wildman–Crippen LogP) is 2.17. The van der Waals surface area contributed by atoms with Crippen LogP contribution in [0.2, 0.25) is 5.02 Å². The second-order valence-electron chi connectivity index (χ2n) is 3.48. The van der Waals surface area contributed by atoms with E-state index in [9.17, 15) is 4.79 Å². The monoisotopic (exact) mass is 288 g/mol. The van der Waals surface area contributed by atoms with Gasteiger partial charge in [0.25, 0.3) is 0 Å². The van der Waals surface area contributed by atoms with Crippen molar-refractivity contribution in [1.82, 2.24) is 0 Å². The van der Waals surface area contributed by atoms with Gasteiger partial charge in [-0.25, -0.2) is 0 Å². The second-order valence-corrected chi connectivity index (χ2v) is 4.77. The molecule has 0 aliphatic carbocycles. The van der Waals surface area contributed by atoms with Crippen LogP contribution in [0.15, 0.2) is 22.7 Å². The van der Waals surface area contributed by atoms with Crippen molar-refractivity contribution < 1.29 is 4.79 Å². The summed E-state index contributed by atoms with van der Waals surface area (Å²) in [6.45, 7) is 0.652. The molecular formula is C10H10BrClN2O. The van der Waals surface area contributed by atoms with Crippen molar-refractivity contribution in [2.45, 2.75) is 12.5 Å². The van der Waals surface area contributed by atoms with Crippen molar-refractivity contribution >= 4 is 39.1 Å². The molecule has 1 aliphatic heterocycles. The number of carbonyl (C=O) groups is 1. The minimum absolute atomic E-state index is 0.0435. The van der Waals surface area contributed by atoms with E-state index >= 15 is 0 Å². The highest BCUT2D eigenvalue weighted by atomic mass is 79.9. The zero-order valence-electron chi connectivity index (χ0n) is 7.91. The Morgan fingerprint density at radius 3 is 2.87 bits per heavy atom. The van der Waals surface area contributed by atoms with Gasteiger partial charge in [0.2, 0.25) is 5.91 Å². The van der Waals surface area contributed by atoms with Gasteiger partial charge in [-0.3, -0.25) is 4.79 Å². The zero-order chi connectivity index (χ0) is 11.0. The van der Waals surface area contributed by atoms with Gasteiger partial charge < -0.3 is 10.6 Å². The van der Waals surface area contributed by atoms with Gasteiger partial charge in [0.15, 0.2) is 0 Å². The highest BCUT2D eigenvalue weighted by Crippen LogP contribution is 2.31. The number of halogens is 2. The van der Waals surface area contributed by atoms with Crippen LogP contribution in [0.5, 0.6) is 0 Å². The van der Waals surface area contributed by atoms with Gasteiger partial charge in [-0.1, -0.05) is 11.6 Å². The van der Waals surface area contributed by atoms with Gasteiger partial charge in [0.1, 0.15) is 0 Å². The molecule has 0 spiro atoms. The average molecular weight is 290 g/mol. The molecule has 1 aliphatic rings. The van der Waals surface area contributed by atoms with E-state index in [1.807, 2.05) is 6.07 Å². The minimum Gasteiger partial charge on any atom is -0.320 e. The van der Waals surface area contributed by atoms with E-state index in [1.165, 1.54) is 0 Å². The average Bonchev–Trinajstić information content (AvgIpc) is 2.52. The lowest BCUT2D eigenvalue weighted by atomic mass is 10.3.